The minimum absolute atomic E-state index is 0.269. The molecule has 1 heterocycles. The maximum absolute atomic E-state index is 13.0. The summed E-state index contributed by atoms with van der Waals surface area (Å²) in [6.45, 7) is 5.31. The van der Waals surface area contributed by atoms with Crippen LogP contribution in [-0.2, 0) is 4.79 Å². The zero-order valence-electron chi connectivity index (χ0n) is 18.3. The summed E-state index contributed by atoms with van der Waals surface area (Å²) in [6, 6.07) is 13.2. The second-order valence-electron chi connectivity index (χ2n) is 8.04. The summed E-state index contributed by atoms with van der Waals surface area (Å²) in [7, 11) is 0. The van der Waals surface area contributed by atoms with Crippen LogP contribution in [0, 0.1) is 5.82 Å². The number of halogens is 1. The van der Waals surface area contributed by atoms with Gasteiger partial charge in [-0.2, -0.15) is 0 Å². The summed E-state index contributed by atoms with van der Waals surface area (Å²) in [5.41, 5.74) is 2.18. The van der Waals surface area contributed by atoms with E-state index in [1.807, 2.05) is 29.2 Å². The van der Waals surface area contributed by atoms with E-state index >= 15 is 0 Å². The van der Waals surface area contributed by atoms with Crippen molar-refractivity contribution in [3.8, 4) is 0 Å². The van der Waals surface area contributed by atoms with Crippen LogP contribution in [0.4, 0.5) is 15.8 Å². The van der Waals surface area contributed by atoms with Crippen molar-refractivity contribution in [2.45, 2.75) is 45.4 Å². The lowest BCUT2D eigenvalue weighted by molar-refractivity contribution is -0.131. The summed E-state index contributed by atoms with van der Waals surface area (Å²) >= 11 is 0. The fourth-order valence-electron chi connectivity index (χ4n) is 3.81. The third-order valence-corrected chi connectivity index (χ3v) is 5.72. The van der Waals surface area contributed by atoms with Crippen LogP contribution in [0.2, 0.25) is 0 Å². The molecule has 1 aliphatic heterocycles. The number of hydrogen-bond donors (Lipinski definition) is 1. The van der Waals surface area contributed by atoms with Gasteiger partial charge in [-0.1, -0.05) is 32.6 Å². The van der Waals surface area contributed by atoms with Crippen molar-refractivity contribution in [2.24, 2.45) is 0 Å². The molecule has 0 radical (unpaired) electrons. The third kappa shape index (κ3) is 6.81. The Balaban J connectivity index is 1.44. The molecule has 1 fully saturated rings. The molecule has 2 aromatic rings. The molecule has 166 valence electrons. The average Bonchev–Trinajstić information content (AvgIpc) is 2.80. The molecule has 0 aliphatic carbocycles. The number of hydrogen-bond acceptors (Lipinski definition) is 3. The molecule has 2 amide bonds. The smallest absolute Gasteiger partial charge is 0.255 e. The van der Waals surface area contributed by atoms with Gasteiger partial charge in [-0.25, -0.2) is 4.39 Å². The molecule has 6 heteroatoms. The van der Waals surface area contributed by atoms with Crippen LogP contribution in [0.25, 0.3) is 0 Å². The number of nitrogens with one attached hydrogen (secondary N) is 1. The lowest BCUT2D eigenvalue weighted by atomic mass is 10.1. The van der Waals surface area contributed by atoms with E-state index in [0.717, 1.165) is 44.7 Å². The molecule has 0 atom stereocenters. The maximum Gasteiger partial charge on any atom is 0.255 e. The Morgan fingerprint density at radius 3 is 2.16 bits per heavy atom. The topological polar surface area (TPSA) is 52.7 Å². The number of piperazine rings is 1. The summed E-state index contributed by atoms with van der Waals surface area (Å²) in [5.74, 6) is -0.362. The molecule has 0 saturated carbocycles. The Labute approximate surface area is 184 Å². The highest BCUT2D eigenvalue weighted by Crippen LogP contribution is 2.20. The first kappa shape index (κ1) is 22.8. The molecule has 0 aromatic heterocycles. The summed E-state index contributed by atoms with van der Waals surface area (Å²) in [6.07, 6.45) is 6.48. The highest BCUT2D eigenvalue weighted by Gasteiger charge is 2.21. The molecular formula is C25H32FN3O2. The lowest BCUT2D eigenvalue weighted by Gasteiger charge is -2.36. The van der Waals surface area contributed by atoms with E-state index in [1.54, 1.807) is 0 Å². The van der Waals surface area contributed by atoms with E-state index in [2.05, 4.69) is 17.1 Å². The molecule has 1 N–H and O–H groups in total. The van der Waals surface area contributed by atoms with Gasteiger partial charge in [-0.15, -0.1) is 0 Å². The standard InChI is InChI=1S/C25H32FN3O2/c1-2-3-4-5-6-7-24(30)29-18-16-28(17-19-29)23-14-12-22(13-15-23)27-25(31)20-8-10-21(26)11-9-20/h8-15H,2-7,16-19H2,1H3,(H,27,31). The number of rotatable bonds is 9. The van der Waals surface area contributed by atoms with Crippen molar-refractivity contribution >= 4 is 23.2 Å². The second kappa shape index (κ2) is 11.5. The van der Waals surface area contributed by atoms with E-state index < -0.39 is 0 Å². The van der Waals surface area contributed by atoms with Crippen molar-refractivity contribution in [2.75, 3.05) is 36.4 Å². The van der Waals surface area contributed by atoms with Crippen LogP contribution in [0.1, 0.15) is 55.8 Å². The maximum atomic E-state index is 13.0. The lowest BCUT2D eigenvalue weighted by Crippen LogP contribution is -2.48. The molecule has 1 aliphatic rings. The SMILES string of the molecule is CCCCCCCC(=O)N1CCN(c2ccc(NC(=O)c3ccc(F)cc3)cc2)CC1. The van der Waals surface area contributed by atoms with Crippen LogP contribution in [0.3, 0.4) is 0 Å². The third-order valence-electron chi connectivity index (χ3n) is 5.72. The summed E-state index contributed by atoms with van der Waals surface area (Å²) in [5, 5.41) is 2.83. The predicted octanol–water partition coefficient (Wildman–Crippen LogP) is 5.09. The largest absolute Gasteiger partial charge is 0.368 e. The fourth-order valence-corrected chi connectivity index (χ4v) is 3.81. The first-order chi connectivity index (χ1) is 15.1. The molecule has 31 heavy (non-hydrogen) atoms. The highest BCUT2D eigenvalue weighted by atomic mass is 19.1. The van der Waals surface area contributed by atoms with Gasteiger partial charge in [0, 0.05) is 49.5 Å². The Morgan fingerprint density at radius 1 is 0.871 bits per heavy atom. The van der Waals surface area contributed by atoms with Gasteiger partial charge >= 0.3 is 0 Å². The minimum Gasteiger partial charge on any atom is -0.368 e. The van der Waals surface area contributed by atoms with Crippen LogP contribution < -0.4 is 10.2 Å². The molecule has 0 unspecified atom stereocenters. The number of carbonyl (C=O) groups excluding carboxylic acids is 2. The van der Waals surface area contributed by atoms with E-state index in [9.17, 15) is 14.0 Å². The molecule has 3 rings (SSSR count). The van der Waals surface area contributed by atoms with Gasteiger partial charge in [0.25, 0.3) is 5.91 Å². The molecule has 2 aromatic carbocycles. The van der Waals surface area contributed by atoms with Crippen LogP contribution in [-0.4, -0.2) is 42.9 Å². The van der Waals surface area contributed by atoms with Gasteiger partial charge in [0.1, 0.15) is 5.82 Å². The Kier molecular flexibility index (Phi) is 8.44. The predicted molar refractivity (Wildman–Crippen MR) is 123 cm³/mol. The molecule has 0 spiro atoms. The van der Waals surface area contributed by atoms with E-state index in [0.29, 0.717) is 17.7 Å². The van der Waals surface area contributed by atoms with Gasteiger partial charge in [0.15, 0.2) is 0 Å². The van der Waals surface area contributed by atoms with Crippen molar-refractivity contribution in [3.05, 3.63) is 59.9 Å². The van der Waals surface area contributed by atoms with E-state index in [1.165, 1.54) is 43.5 Å². The molecule has 5 nitrogen and oxygen atoms in total. The highest BCUT2D eigenvalue weighted by molar-refractivity contribution is 6.04. The van der Waals surface area contributed by atoms with Gasteiger partial charge in [0.05, 0.1) is 0 Å². The first-order valence-corrected chi connectivity index (χ1v) is 11.3. The van der Waals surface area contributed by atoms with Gasteiger partial charge < -0.3 is 15.1 Å². The number of carbonyl (C=O) groups is 2. The number of nitrogens with zero attached hydrogens (tertiary/aromatic N) is 2. The van der Waals surface area contributed by atoms with Gasteiger partial charge in [-0.05, 0) is 55.0 Å². The first-order valence-electron chi connectivity index (χ1n) is 11.3. The second-order valence-corrected chi connectivity index (χ2v) is 8.04. The van der Waals surface area contributed by atoms with Crippen LogP contribution in [0.15, 0.2) is 48.5 Å². The quantitative estimate of drug-likeness (QED) is 0.570. The van der Waals surface area contributed by atoms with Gasteiger partial charge in [0.2, 0.25) is 5.91 Å². The van der Waals surface area contributed by atoms with Crippen LogP contribution in [0.5, 0.6) is 0 Å². The van der Waals surface area contributed by atoms with Crippen molar-refractivity contribution in [3.63, 3.8) is 0 Å². The normalized spacial score (nSPS) is 13.9. The number of amides is 2. The average molecular weight is 426 g/mol. The van der Waals surface area contributed by atoms with E-state index in [4.69, 9.17) is 0 Å². The van der Waals surface area contributed by atoms with Gasteiger partial charge in [-0.3, -0.25) is 9.59 Å². The van der Waals surface area contributed by atoms with E-state index in [-0.39, 0.29) is 17.6 Å². The van der Waals surface area contributed by atoms with Crippen molar-refractivity contribution in [1.82, 2.24) is 4.90 Å². The Morgan fingerprint density at radius 2 is 1.52 bits per heavy atom. The summed E-state index contributed by atoms with van der Waals surface area (Å²) < 4.78 is 13.0. The Hall–Kier alpha value is -2.89. The number of anilines is 2. The summed E-state index contributed by atoms with van der Waals surface area (Å²) in [4.78, 5) is 28.9. The monoisotopic (exact) mass is 425 g/mol. The van der Waals surface area contributed by atoms with Crippen molar-refractivity contribution in [1.29, 1.82) is 0 Å². The molecular weight excluding hydrogens is 393 g/mol. The zero-order valence-corrected chi connectivity index (χ0v) is 18.3. The number of unbranched alkanes of at least 4 members (excludes halogenated alkanes) is 4. The Bertz CT molecular complexity index is 844. The number of benzene rings is 2. The molecule has 0 bridgehead atoms. The fraction of sp³-hybridized carbons (Fsp3) is 0.440. The minimum atomic E-state index is -0.366. The van der Waals surface area contributed by atoms with Crippen molar-refractivity contribution < 1.29 is 14.0 Å². The van der Waals surface area contributed by atoms with Crippen LogP contribution >= 0.6 is 0 Å². The zero-order chi connectivity index (χ0) is 22.1. The molecule has 1 saturated heterocycles.